The van der Waals surface area contributed by atoms with Crippen LogP contribution < -0.4 is 21.3 Å². The number of aryl methyl sites for hydroxylation is 1. The summed E-state index contributed by atoms with van der Waals surface area (Å²) in [7, 11) is -2.57. The Morgan fingerprint density at radius 1 is 1.26 bits per heavy atom. The number of nitrogens with one attached hydrogen (secondary N) is 3. The SMILES string of the molecule is COc1ccccc1CCNC(=O)C1CCCN(S(=O)(=O)c2c(C)[nH]c(=O)[nH]c2=O)C1. The van der Waals surface area contributed by atoms with Crippen molar-refractivity contribution in [3.63, 3.8) is 0 Å². The topological polar surface area (TPSA) is 141 Å². The summed E-state index contributed by atoms with van der Waals surface area (Å²) in [6.07, 6.45) is 1.62. The van der Waals surface area contributed by atoms with Crippen molar-refractivity contribution in [2.45, 2.75) is 31.1 Å². The van der Waals surface area contributed by atoms with E-state index in [0.717, 1.165) is 15.6 Å². The second kappa shape index (κ2) is 9.48. The minimum absolute atomic E-state index is 0.0270. The van der Waals surface area contributed by atoms with Gasteiger partial charge in [0.2, 0.25) is 15.9 Å². The van der Waals surface area contributed by atoms with Crippen molar-refractivity contribution >= 4 is 15.9 Å². The summed E-state index contributed by atoms with van der Waals surface area (Å²) in [5.74, 6) is -0.0154. The van der Waals surface area contributed by atoms with E-state index in [-0.39, 0.29) is 24.7 Å². The van der Waals surface area contributed by atoms with E-state index in [9.17, 15) is 22.8 Å². The second-order valence-corrected chi connectivity index (χ2v) is 9.29. The molecule has 2 heterocycles. The number of H-pyrrole nitrogens is 2. The van der Waals surface area contributed by atoms with E-state index in [1.807, 2.05) is 29.2 Å². The average Bonchev–Trinajstić information content (AvgIpc) is 2.73. The van der Waals surface area contributed by atoms with Gasteiger partial charge >= 0.3 is 5.69 Å². The van der Waals surface area contributed by atoms with Gasteiger partial charge in [0.15, 0.2) is 4.90 Å². The molecule has 31 heavy (non-hydrogen) atoms. The molecule has 168 valence electrons. The van der Waals surface area contributed by atoms with Crippen LogP contribution in [0.25, 0.3) is 0 Å². The maximum Gasteiger partial charge on any atom is 0.325 e. The van der Waals surface area contributed by atoms with Gasteiger partial charge in [-0.05, 0) is 37.8 Å². The summed E-state index contributed by atoms with van der Waals surface area (Å²) in [5.41, 5.74) is -0.805. The number of aromatic amines is 2. The number of methoxy groups -OCH3 is 1. The van der Waals surface area contributed by atoms with E-state index in [1.54, 1.807) is 7.11 Å². The molecule has 1 aliphatic rings. The number of aromatic nitrogens is 2. The first-order chi connectivity index (χ1) is 14.7. The molecule has 3 rings (SSSR count). The fourth-order valence-corrected chi connectivity index (χ4v) is 5.50. The van der Waals surface area contributed by atoms with E-state index >= 15 is 0 Å². The molecular weight excluding hydrogens is 424 g/mol. The number of sulfonamides is 1. The molecule has 0 bridgehead atoms. The van der Waals surface area contributed by atoms with Crippen molar-refractivity contribution in [3.05, 3.63) is 56.4 Å². The van der Waals surface area contributed by atoms with E-state index in [1.165, 1.54) is 6.92 Å². The highest BCUT2D eigenvalue weighted by Gasteiger charge is 2.35. The van der Waals surface area contributed by atoms with Crippen LogP contribution in [-0.2, 0) is 21.2 Å². The van der Waals surface area contributed by atoms with Crippen LogP contribution >= 0.6 is 0 Å². The number of para-hydroxylation sites is 1. The molecule has 2 aromatic rings. The van der Waals surface area contributed by atoms with E-state index in [4.69, 9.17) is 4.74 Å². The highest BCUT2D eigenvalue weighted by Crippen LogP contribution is 2.23. The van der Waals surface area contributed by atoms with Gasteiger partial charge in [0, 0.05) is 25.3 Å². The zero-order chi connectivity index (χ0) is 22.6. The van der Waals surface area contributed by atoms with Gasteiger partial charge in [0.25, 0.3) is 5.56 Å². The Morgan fingerprint density at radius 2 is 2.00 bits per heavy atom. The molecule has 1 saturated heterocycles. The number of hydrogen-bond donors (Lipinski definition) is 3. The number of amides is 1. The smallest absolute Gasteiger partial charge is 0.325 e. The zero-order valence-corrected chi connectivity index (χ0v) is 18.3. The van der Waals surface area contributed by atoms with Crippen LogP contribution in [0, 0.1) is 12.8 Å². The van der Waals surface area contributed by atoms with Gasteiger partial charge in [-0.1, -0.05) is 18.2 Å². The molecule has 11 heteroatoms. The molecule has 1 aliphatic heterocycles. The van der Waals surface area contributed by atoms with Crippen molar-refractivity contribution < 1.29 is 17.9 Å². The summed E-state index contributed by atoms with van der Waals surface area (Å²) < 4.78 is 32.5. The second-order valence-electron chi connectivity index (χ2n) is 7.42. The lowest BCUT2D eigenvalue weighted by atomic mass is 9.98. The van der Waals surface area contributed by atoms with Gasteiger partial charge in [-0.25, -0.2) is 13.2 Å². The van der Waals surface area contributed by atoms with Crippen molar-refractivity contribution in [3.8, 4) is 5.75 Å². The lowest BCUT2D eigenvalue weighted by molar-refractivity contribution is -0.126. The van der Waals surface area contributed by atoms with Crippen LogP contribution in [0.1, 0.15) is 24.1 Å². The van der Waals surface area contributed by atoms with E-state index in [0.29, 0.717) is 25.8 Å². The molecule has 1 atom stereocenters. The number of carbonyl (C=O) groups is 1. The van der Waals surface area contributed by atoms with E-state index in [2.05, 4.69) is 10.3 Å². The number of nitrogens with zero attached hydrogens (tertiary/aromatic N) is 1. The van der Waals surface area contributed by atoms with Crippen LogP contribution in [-0.4, -0.2) is 55.3 Å². The van der Waals surface area contributed by atoms with Crippen LogP contribution in [0.15, 0.2) is 38.8 Å². The van der Waals surface area contributed by atoms with Crippen molar-refractivity contribution in [1.29, 1.82) is 0 Å². The Balaban J connectivity index is 1.67. The fraction of sp³-hybridized carbons (Fsp3) is 0.450. The van der Waals surface area contributed by atoms with Crippen molar-refractivity contribution in [2.24, 2.45) is 5.92 Å². The molecule has 0 radical (unpaired) electrons. The van der Waals surface area contributed by atoms with Gasteiger partial charge < -0.3 is 15.0 Å². The third-order valence-corrected chi connectivity index (χ3v) is 7.33. The molecule has 0 saturated carbocycles. The maximum atomic E-state index is 13.0. The normalized spacial score (nSPS) is 17.3. The first-order valence-electron chi connectivity index (χ1n) is 9.97. The number of hydrogen-bond acceptors (Lipinski definition) is 6. The minimum Gasteiger partial charge on any atom is -0.496 e. The summed E-state index contributed by atoms with van der Waals surface area (Å²) in [6.45, 7) is 1.92. The first kappa shape index (κ1) is 22.8. The Kier molecular flexibility index (Phi) is 6.96. The summed E-state index contributed by atoms with van der Waals surface area (Å²) >= 11 is 0. The van der Waals surface area contributed by atoms with Crippen molar-refractivity contribution in [2.75, 3.05) is 26.7 Å². The number of carbonyl (C=O) groups excluding carboxylic acids is 1. The molecule has 0 aliphatic carbocycles. The number of rotatable bonds is 7. The largest absolute Gasteiger partial charge is 0.496 e. The molecule has 1 unspecified atom stereocenters. The zero-order valence-electron chi connectivity index (χ0n) is 17.4. The number of piperidine rings is 1. The predicted molar refractivity (Wildman–Crippen MR) is 114 cm³/mol. The average molecular weight is 451 g/mol. The minimum atomic E-state index is -4.16. The predicted octanol–water partition coefficient (Wildman–Crippen LogP) is 0.140. The monoisotopic (exact) mass is 450 g/mol. The lowest BCUT2D eigenvalue weighted by Gasteiger charge is -2.31. The molecule has 1 aromatic heterocycles. The van der Waals surface area contributed by atoms with Gasteiger partial charge in [-0.2, -0.15) is 4.31 Å². The Morgan fingerprint density at radius 3 is 2.71 bits per heavy atom. The van der Waals surface area contributed by atoms with Gasteiger partial charge in [-0.15, -0.1) is 0 Å². The number of ether oxygens (including phenoxy) is 1. The van der Waals surface area contributed by atoms with Gasteiger partial charge in [0.05, 0.1) is 13.0 Å². The highest BCUT2D eigenvalue weighted by atomic mass is 32.2. The molecular formula is C20H26N4O6S. The quantitative estimate of drug-likeness (QED) is 0.548. The standard InChI is InChI=1S/C20H26N4O6S/c1-13-17(19(26)23-20(27)22-13)31(28,29)24-11-5-7-15(12-24)18(25)21-10-9-14-6-3-4-8-16(14)30-2/h3-4,6,8,15H,5,7,9-12H2,1-2H3,(H,21,25)(H2,22,23,26,27). The van der Waals surface area contributed by atoms with Gasteiger partial charge in [-0.3, -0.25) is 14.6 Å². The van der Waals surface area contributed by atoms with Crippen molar-refractivity contribution in [1.82, 2.24) is 19.6 Å². The molecule has 1 fully saturated rings. The third-order valence-electron chi connectivity index (χ3n) is 5.31. The Hall–Kier alpha value is -2.92. The molecule has 1 aromatic carbocycles. The summed E-state index contributed by atoms with van der Waals surface area (Å²) in [6, 6.07) is 7.53. The van der Waals surface area contributed by atoms with E-state index < -0.39 is 32.1 Å². The Labute approximate surface area is 179 Å². The molecule has 0 spiro atoms. The summed E-state index contributed by atoms with van der Waals surface area (Å²) in [5, 5.41) is 2.86. The third kappa shape index (κ3) is 5.05. The lowest BCUT2D eigenvalue weighted by Crippen LogP contribution is -2.47. The van der Waals surface area contributed by atoms with Crippen LogP contribution in [0.2, 0.25) is 0 Å². The first-order valence-corrected chi connectivity index (χ1v) is 11.4. The summed E-state index contributed by atoms with van der Waals surface area (Å²) in [4.78, 5) is 39.9. The fourth-order valence-electron chi connectivity index (χ4n) is 3.78. The highest BCUT2D eigenvalue weighted by molar-refractivity contribution is 7.89. The van der Waals surface area contributed by atoms with Crippen LogP contribution in [0.4, 0.5) is 0 Å². The molecule has 1 amide bonds. The van der Waals surface area contributed by atoms with Crippen LogP contribution in [0.5, 0.6) is 5.75 Å². The number of benzene rings is 1. The maximum absolute atomic E-state index is 13.0. The molecule has 3 N–H and O–H groups in total. The van der Waals surface area contributed by atoms with Gasteiger partial charge in [0.1, 0.15) is 5.75 Å². The molecule has 10 nitrogen and oxygen atoms in total. The van der Waals surface area contributed by atoms with Crippen LogP contribution in [0.3, 0.4) is 0 Å². The Bertz CT molecular complexity index is 1170.